The highest BCUT2D eigenvalue weighted by Gasteiger charge is 2.32. The first kappa shape index (κ1) is 14.7. The monoisotopic (exact) mass is 278 g/mol. The summed E-state index contributed by atoms with van der Waals surface area (Å²) >= 11 is 0. The predicted molar refractivity (Wildman–Crippen MR) is 59.0 cm³/mol. The molecule has 1 aromatic carbocycles. The molecule has 0 aliphatic carbocycles. The summed E-state index contributed by atoms with van der Waals surface area (Å²) in [5.41, 5.74) is -0.580. The van der Waals surface area contributed by atoms with Gasteiger partial charge in [0.1, 0.15) is 13.1 Å². The van der Waals surface area contributed by atoms with E-state index in [1.165, 1.54) is 12.1 Å². The number of aliphatic carboxylic acids is 1. The van der Waals surface area contributed by atoms with Gasteiger partial charge in [-0.05, 0) is 6.07 Å². The molecule has 1 rings (SSSR count). The third-order valence-electron chi connectivity index (χ3n) is 2.10. The van der Waals surface area contributed by atoms with Crippen molar-refractivity contribution in [1.29, 1.82) is 0 Å². The van der Waals surface area contributed by atoms with Crippen LogP contribution in [-0.2, 0) is 4.79 Å². The van der Waals surface area contributed by atoms with Crippen molar-refractivity contribution in [3.63, 3.8) is 0 Å². The highest BCUT2D eigenvalue weighted by atomic mass is 19.4. The maximum atomic E-state index is 12.3. The fraction of sp³-hybridized carbons (Fsp3) is 0.300. The van der Waals surface area contributed by atoms with E-state index in [4.69, 9.17) is 5.11 Å². The van der Waals surface area contributed by atoms with Crippen LogP contribution in [0.25, 0.3) is 0 Å². The van der Waals surface area contributed by atoms with E-state index in [-0.39, 0.29) is 5.69 Å². The summed E-state index contributed by atoms with van der Waals surface area (Å²) in [5, 5.41) is 19.1. The van der Waals surface area contributed by atoms with E-state index in [0.29, 0.717) is 4.90 Å². The second-order valence-electron chi connectivity index (χ2n) is 3.64. The number of hydrogen-bond donors (Lipinski definition) is 1. The van der Waals surface area contributed by atoms with Crippen LogP contribution in [0.3, 0.4) is 0 Å². The molecule has 0 spiro atoms. The average Bonchev–Trinajstić information content (AvgIpc) is 2.25. The van der Waals surface area contributed by atoms with Crippen LogP contribution in [0.2, 0.25) is 0 Å². The molecule has 0 saturated heterocycles. The van der Waals surface area contributed by atoms with Gasteiger partial charge in [0.25, 0.3) is 5.69 Å². The largest absolute Gasteiger partial charge is 0.480 e. The molecule has 104 valence electrons. The fourth-order valence-corrected chi connectivity index (χ4v) is 1.42. The lowest BCUT2D eigenvalue weighted by Crippen LogP contribution is -2.37. The van der Waals surface area contributed by atoms with Crippen LogP contribution >= 0.6 is 0 Å². The maximum Gasteiger partial charge on any atom is 0.405 e. The number of nitrogens with zero attached hydrogens (tertiary/aromatic N) is 2. The molecular weight excluding hydrogens is 269 g/mol. The van der Waals surface area contributed by atoms with Crippen LogP contribution in [0, 0.1) is 10.1 Å². The lowest BCUT2D eigenvalue weighted by molar-refractivity contribution is -0.384. The third kappa shape index (κ3) is 4.82. The van der Waals surface area contributed by atoms with Crippen LogP contribution in [0.5, 0.6) is 0 Å². The molecule has 0 amide bonds. The Hall–Kier alpha value is -2.32. The predicted octanol–water partition coefficient (Wildman–Crippen LogP) is 2.05. The van der Waals surface area contributed by atoms with Crippen LogP contribution < -0.4 is 4.90 Å². The van der Waals surface area contributed by atoms with Crippen molar-refractivity contribution < 1.29 is 28.0 Å². The molecule has 0 heterocycles. The number of benzene rings is 1. The molecule has 0 saturated carbocycles. The number of carboxylic acids is 1. The van der Waals surface area contributed by atoms with Crippen molar-refractivity contribution in [2.75, 3.05) is 18.0 Å². The number of halogens is 3. The molecule has 0 aromatic heterocycles. The molecule has 0 unspecified atom stereocenters. The van der Waals surface area contributed by atoms with Crippen LogP contribution in [0.1, 0.15) is 0 Å². The molecule has 0 bridgehead atoms. The van der Waals surface area contributed by atoms with E-state index >= 15 is 0 Å². The van der Waals surface area contributed by atoms with E-state index in [0.717, 1.165) is 12.1 Å². The van der Waals surface area contributed by atoms with Gasteiger partial charge < -0.3 is 10.0 Å². The summed E-state index contributed by atoms with van der Waals surface area (Å²) in [4.78, 5) is 20.8. The highest BCUT2D eigenvalue weighted by molar-refractivity contribution is 5.74. The number of non-ortho nitro benzene ring substituents is 1. The van der Waals surface area contributed by atoms with Crippen LogP contribution in [0.15, 0.2) is 24.3 Å². The number of nitro groups is 1. The first-order chi connectivity index (χ1) is 8.69. The Bertz CT molecular complexity index is 490. The molecule has 0 radical (unpaired) electrons. The lowest BCUT2D eigenvalue weighted by Gasteiger charge is -2.23. The smallest absolute Gasteiger partial charge is 0.405 e. The minimum Gasteiger partial charge on any atom is -0.480 e. The van der Waals surface area contributed by atoms with E-state index in [1.54, 1.807) is 0 Å². The summed E-state index contributed by atoms with van der Waals surface area (Å²) in [6, 6.07) is 4.38. The van der Waals surface area contributed by atoms with Crippen LogP contribution in [0.4, 0.5) is 24.5 Å². The summed E-state index contributed by atoms with van der Waals surface area (Å²) < 4.78 is 37.0. The van der Waals surface area contributed by atoms with Gasteiger partial charge in [0.15, 0.2) is 0 Å². The second-order valence-corrected chi connectivity index (χ2v) is 3.64. The molecule has 6 nitrogen and oxygen atoms in total. The first-order valence-electron chi connectivity index (χ1n) is 4.97. The van der Waals surface area contributed by atoms with E-state index in [2.05, 4.69) is 0 Å². The Balaban J connectivity index is 3.06. The van der Waals surface area contributed by atoms with E-state index in [1.807, 2.05) is 0 Å². The number of nitro benzene ring substituents is 1. The second kappa shape index (κ2) is 5.55. The van der Waals surface area contributed by atoms with Gasteiger partial charge in [-0.25, -0.2) is 0 Å². The molecule has 0 fully saturated rings. The number of anilines is 1. The van der Waals surface area contributed by atoms with Gasteiger partial charge in [-0.3, -0.25) is 14.9 Å². The topological polar surface area (TPSA) is 83.7 Å². The zero-order valence-electron chi connectivity index (χ0n) is 9.42. The van der Waals surface area contributed by atoms with Gasteiger partial charge >= 0.3 is 12.1 Å². The number of rotatable bonds is 5. The van der Waals surface area contributed by atoms with Crippen molar-refractivity contribution in [1.82, 2.24) is 0 Å². The van der Waals surface area contributed by atoms with E-state index < -0.39 is 35.8 Å². The summed E-state index contributed by atoms with van der Waals surface area (Å²) in [5.74, 6) is -1.46. The lowest BCUT2D eigenvalue weighted by atomic mass is 10.2. The minimum atomic E-state index is -4.61. The number of alkyl halides is 3. The molecule has 0 atom stereocenters. The molecule has 9 heteroatoms. The fourth-order valence-electron chi connectivity index (χ4n) is 1.42. The Labute approximate surface area is 105 Å². The Morgan fingerprint density at radius 3 is 2.53 bits per heavy atom. The van der Waals surface area contributed by atoms with E-state index in [9.17, 15) is 28.1 Å². The molecule has 0 aliphatic rings. The van der Waals surface area contributed by atoms with Gasteiger partial charge in [0.05, 0.1) is 4.92 Å². The zero-order valence-corrected chi connectivity index (χ0v) is 9.42. The quantitative estimate of drug-likeness (QED) is 0.658. The Kier molecular flexibility index (Phi) is 4.30. The highest BCUT2D eigenvalue weighted by Crippen LogP contribution is 2.25. The third-order valence-corrected chi connectivity index (χ3v) is 2.10. The minimum absolute atomic E-state index is 0.172. The van der Waals surface area contributed by atoms with Crippen LogP contribution in [-0.4, -0.2) is 35.3 Å². The molecule has 19 heavy (non-hydrogen) atoms. The van der Waals surface area contributed by atoms with Crippen molar-refractivity contribution in [3.8, 4) is 0 Å². The van der Waals surface area contributed by atoms with Gasteiger partial charge in [-0.1, -0.05) is 6.07 Å². The maximum absolute atomic E-state index is 12.3. The Morgan fingerprint density at radius 1 is 1.42 bits per heavy atom. The van der Waals surface area contributed by atoms with Crippen molar-refractivity contribution in [2.45, 2.75) is 6.18 Å². The molecule has 1 aromatic rings. The summed E-state index contributed by atoms with van der Waals surface area (Å²) in [7, 11) is 0. The SMILES string of the molecule is O=C(O)CN(CC(F)(F)F)c1cccc([N+](=O)[O-])c1. The molecule has 0 aliphatic heterocycles. The zero-order chi connectivity index (χ0) is 14.6. The van der Waals surface area contributed by atoms with Crippen molar-refractivity contribution in [2.24, 2.45) is 0 Å². The van der Waals surface area contributed by atoms with Gasteiger partial charge in [0.2, 0.25) is 0 Å². The average molecular weight is 278 g/mol. The van der Waals surface area contributed by atoms with Crippen molar-refractivity contribution in [3.05, 3.63) is 34.4 Å². The molecular formula is C10H9F3N2O4. The van der Waals surface area contributed by atoms with Gasteiger partial charge in [-0.2, -0.15) is 13.2 Å². The Morgan fingerprint density at radius 2 is 2.05 bits per heavy atom. The summed E-state index contributed by atoms with van der Waals surface area (Å²) in [6.07, 6.45) is -4.61. The number of carboxylic acid groups (broad SMARTS) is 1. The molecule has 1 N–H and O–H groups in total. The summed E-state index contributed by atoms with van der Waals surface area (Å²) in [6.45, 7) is -2.40. The van der Waals surface area contributed by atoms with Gasteiger partial charge in [-0.15, -0.1) is 0 Å². The van der Waals surface area contributed by atoms with Crippen molar-refractivity contribution >= 4 is 17.3 Å². The standard InChI is InChI=1S/C10H9F3N2O4/c11-10(12,13)6-14(5-9(16)17)7-2-1-3-8(4-7)15(18)19/h1-4H,5-6H2,(H,16,17). The number of carbonyl (C=O) groups is 1. The van der Waals surface area contributed by atoms with Gasteiger partial charge in [0, 0.05) is 17.8 Å². The first-order valence-corrected chi connectivity index (χ1v) is 4.97. The normalized spacial score (nSPS) is 11.1. The number of hydrogen-bond acceptors (Lipinski definition) is 4.